The van der Waals surface area contributed by atoms with Gasteiger partial charge in [0, 0.05) is 5.56 Å². The normalized spacial score (nSPS) is 33.6. The third-order valence-corrected chi connectivity index (χ3v) is 9.12. The lowest BCUT2D eigenvalue weighted by Gasteiger charge is -2.38. The molecule has 1 N–H and O–H groups in total. The Balaban J connectivity index is 1.27. The molecule has 2 fully saturated rings. The molecular weight excluding hydrogens is 414 g/mol. The summed E-state index contributed by atoms with van der Waals surface area (Å²) in [7, 11) is 0. The van der Waals surface area contributed by atoms with E-state index in [1.807, 2.05) is 0 Å². The fourth-order valence-electron chi connectivity index (χ4n) is 6.98. The summed E-state index contributed by atoms with van der Waals surface area (Å²) in [5, 5.41) is 9.64. The number of allylic oxidation sites excluding steroid dienone is 3. The summed E-state index contributed by atoms with van der Waals surface area (Å²) >= 11 is 0. The van der Waals surface area contributed by atoms with E-state index in [9.17, 15) is 13.9 Å². The Morgan fingerprint density at radius 3 is 1.97 bits per heavy atom. The maximum absolute atomic E-state index is 14.7. The van der Waals surface area contributed by atoms with Crippen molar-refractivity contribution >= 4 is 0 Å². The molecule has 0 spiro atoms. The third-order valence-electron chi connectivity index (χ3n) is 9.12. The van der Waals surface area contributed by atoms with Crippen molar-refractivity contribution in [3.05, 3.63) is 59.7 Å². The van der Waals surface area contributed by atoms with Gasteiger partial charge in [0.15, 0.2) is 11.6 Å². The molecule has 0 amide bonds. The first kappa shape index (κ1) is 24.6. The summed E-state index contributed by atoms with van der Waals surface area (Å²) in [6.45, 7) is 5.34. The second-order valence-electron chi connectivity index (χ2n) is 11.1. The molecule has 3 aliphatic rings. The number of benzene rings is 1. The Hall–Kier alpha value is -1.48. The van der Waals surface area contributed by atoms with E-state index >= 15 is 0 Å². The van der Waals surface area contributed by atoms with Crippen LogP contribution >= 0.6 is 0 Å². The van der Waals surface area contributed by atoms with Crippen molar-refractivity contribution in [2.24, 2.45) is 29.6 Å². The van der Waals surface area contributed by atoms with Gasteiger partial charge in [0.05, 0.1) is 6.10 Å². The minimum atomic E-state index is -0.988. The Morgan fingerprint density at radius 1 is 0.879 bits per heavy atom. The molecule has 0 aromatic heterocycles. The average molecular weight is 457 g/mol. The predicted molar refractivity (Wildman–Crippen MR) is 132 cm³/mol. The summed E-state index contributed by atoms with van der Waals surface area (Å²) in [6.07, 6.45) is 20.8. The number of aliphatic hydroxyl groups excluding tert-OH is 1. The number of halogens is 2. The van der Waals surface area contributed by atoms with E-state index in [0.29, 0.717) is 17.4 Å². The molecule has 33 heavy (non-hydrogen) atoms. The van der Waals surface area contributed by atoms with E-state index in [1.54, 1.807) is 12.1 Å². The van der Waals surface area contributed by atoms with Crippen LogP contribution in [0.25, 0.3) is 0 Å². The molecule has 1 aromatic rings. The van der Waals surface area contributed by atoms with Gasteiger partial charge in [-0.05, 0) is 112 Å². The quantitative estimate of drug-likeness (QED) is 0.407. The highest BCUT2D eigenvalue weighted by atomic mass is 19.2. The van der Waals surface area contributed by atoms with Crippen molar-refractivity contribution in [1.29, 1.82) is 0 Å². The van der Waals surface area contributed by atoms with E-state index in [2.05, 4.69) is 24.8 Å². The first-order valence-corrected chi connectivity index (χ1v) is 13.4. The lowest BCUT2D eigenvalue weighted by atomic mass is 9.67. The molecule has 182 valence electrons. The van der Waals surface area contributed by atoms with Crippen LogP contribution in [0.4, 0.5) is 8.78 Å². The molecule has 0 aliphatic heterocycles. The molecule has 3 atom stereocenters. The number of hydrogen-bond donors (Lipinski definition) is 1. The fourth-order valence-corrected chi connectivity index (χ4v) is 6.98. The maximum atomic E-state index is 14.7. The molecule has 3 heteroatoms. The standard InChI is InChI=1S/C30H42F2O/c1-3-4-5-21-6-8-22(9-7-21)23-10-12-24(13-11-23)25-14-16-26(17-15-25)28-19-18-27(20(2)33)29(31)30(28)32/h3,10,12,18-26,33H,1,4-9,11,13-17H2,2H3. The van der Waals surface area contributed by atoms with Crippen molar-refractivity contribution < 1.29 is 13.9 Å². The van der Waals surface area contributed by atoms with Crippen LogP contribution in [-0.2, 0) is 0 Å². The lowest BCUT2D eigenvalue weighted by Crippen LogP contribution is -2.26. The maximum Gasteiger partial charge on any atom is 0.164 e. The van der Waals surface area contributed by atoms with Gasteiger partial charge in [0.25, 0.3) is 0 Å². The minimum Gasteiger partial charge on any atom is -0.389 e. The highest BCUT2D eigenvalue weighted by Gasteiger charge is 2.33. The monoisotopic (exact) mass is 456 g/mol. The lowest BCUT2D eigenvalue weighted by molar-refractivity contribution is 0.186. The molecule has 1 aromatic carbocycles. The number of rotatable bonds is 7. The highest BCUT2D eigenvalue weighted by molar-refractivity contribution is 5.30. The largest absolute Gasteiger partial charge is 0.389 e. The van der Waals surface area contributed by atoms with Crippen LogP contribution in [0.5, 0.6) is 0 Å². The van der Waals surface area contributed by atoms with Gasteiger partial charge in [-0.3, -0.25) is 0 Å². The van der Waals surface area contributed by atoms with Gasteiger partial charge >= 0.3 is 0 Å². The summed E-state index contributed by atoms with van der Waals surface area (Å²) < 4.78 is 29.0. The van der Waals surface area contributed by atoms with Crippen LogP contribution in [-0.4, -0.2) is 5.11 Å². The first-order valence-electron chi connectivity index (χ1n) is 13.4. The minimum absolute atomic E-state index is 0.0529. The second-order valence-corrected chi connectivity index (χ2v) is 11.1. The van der Waals surface area contributed by atoms with Crippen molar-refractivity contribution in [3.8, 4) is 0 Å². The first-order chi connectivity index (χ1) is 16.0. The van der Waals surface area contributed by atoms with Crippen LogP contribution in [0.2, 0.25) is 0 Å². The van der Waals surface area contributed by atoms with Crippen molar-refractivity contribution in [2.75, 3.05) is 0 Å². The van der Waals surface area contributed by atoms with Crippen molar-refractivity contribution in [3.63, 3.8) is 0 Å². The Bertz CT molecular complexity index is 813. The molecule has 1 nitrogen and oxygen atoms in total. The molecule has 0 radical (unpaired) electrons. The fraction of sp³-hybridized carbons (Fsp3) is 0.667. The highest BCUT2D eigenvalue weighted by Crippen LogP contribution is 2.45. The molecule has 2 saturated carbocycles. The van der Waals surface area contributed by atoms with Gasteiger partial charge in [-0.2, -0.15) is 0 Å². The molecule has 0 heterocycles. The summed E-state index contributed by atoms with van der Waals surface area (Å²) in [5.41, 5.74) is 0.551. The summed E-state index contributed by atoms with van der Waals surface area (Å²) in [5.74, 6) is 2.36. The van der Waals surface area contributed by atoms with Gasteiger partial charge < -0.3 is 5.11 Å². The van der Waals surface area contributed by atoms with Crippen molar-refractivity contribution in [2.45, 2.75) is 96.0 Å². The smallest absolute Gasteiger partial charge is 0.164 e. The molecular formula is C30H42F2O. The van der Waals surface area contributed by atoms with Crippen LogP contribution in [0.3, 0.4) is 0 Å². The topological polar surface area (TPSA) is 20.2 Å². The molecule has 3 unspecified atom stereocenters. The number of aliphatic hydroxyl groups is 1. The zero-order chi connectivity index (χ0) is 23.4. The predicted octanol–water partition coefficient (Wildman–Crippen LogP) is 8.65. The van der Waals surface area contributed by atoms with Crippen LogP contribution in [0, 0.1) is 41.2 Å². The SMILES string of the molecule is C=CCCC1CCC(C2C=CC(C3CCC(c4ccc(C(C)O)c(F)c4F)CC3)CC2)CC1. The molecule has 0 bridgehead atoms. The molecule has 4 rings (SSSR count). The van der Waals surface area contributed by atoms with Gasteiger partial charge in [-0.1, -0.05) is 43.2 Å². The van der Waals surface area contributed by atoms with Crippen LogP contribution < -0.4 is 0 Å². The van der Waals surface area contributed by atoms with E-state index in [0.717, 1.165) is 49.9 Å². The second kappa shape index (κ2) is 11.3. The van der Waals surface area contributed by atoms with Crippen molar-refractivity contribution in [1.82, 2.24) is 0 Å². The summed E-state index contributed by atoms with van der Waals surface area (Å²) in [4.78, 5) is 0. The molecule has 0 saturated heterocycles. The molecule has 3 aliphatic carbocycles. The number of hydrogen-bond acceptors (Lipinski definition) is 1. The zero-order valence-corrected chi connectivity index (χ0v) is 20.3. The third kappa shape index (κ3) is 5.78. The van der Waals surface area contributed by atoms with E-state index in [-0.39, 0.29) is 11.5 Å². The average Bonchev–Trinajstić information content (AvgIpc) is 2.85. The Labute approximate surface area is 199 Å². The van der Waals surface area contributed by atoms with E-state index < -0.39 is 17.7 Å². The van der Waals surface area contributed by atoms with Gasteiger partial charge in [0.1, 0.15) is 0 Å². The van der Waals surface area contributed by atoms with Crippen LogP contribution in [0.1, 0.15) is 107 Å². The Kier molecular flexibility index (Phi) is 8.43. The van der Waals surface area contributed by atoms with Crippen LogP contribution in [0.15, 0.2) is 36.9 Å². The van der Waals surface area contributed by atoms with Gasteiger partial charge in [-0.25, -0.2) is 8.78 Å². The van der Waals surface area contributed by atoms with E-state index in [4.69, 9.17) is 0 Å². The Morgan fingerprint density at radius 2 is 1.45 bits per heavy atom. The van der Waals surface area contributed by atoms with E-state index in [1.165, 1.54) is 51.9 Å². The summed E-state index contributed by atoms with van der Waals surface area (Å²) in [6, 6.07) is 3.25. The zero-order valence-electron chi connectivity index (χ0n) is 20.3. The van der Waals surface area contributed by atoms with Gasteiger partial charge in [-0.15, -0.1) is 6.58 Å². The van der Waals surface area contributed by atoms with Gasteiger partial charge in [0.2, 0.25) is 0 Å².